The van der Waals surface area contributed by atoms with Crippen molar-refractivity contribution >= 4 is 0 Å². The molecule has 25 heavy (non-hydrogen) atoms. The number of hydrogen-bond donors (Lipinski definition) is 1. The Labute approximate surface area is 152 Å². The monoisotopic (exact) mass is 345 g/mol. The number of H-pyrrole nitrogens is 1. The fourth-order valence-corrected chi connectivity index (χ4v) is 3.21. The number of hydrogen-bond acceptors (Lipinski definition) is 3. The van der Waals surface area contributed by atoms with Crippen LogP contribution in [0, 0.1) is 0 Å². The maximum Gasteiger partial charge on any atom is 0.195 e. The third-order valence-corrected chi connectivity index (χ3v) is 4.55. The average Bonchev–Trinajstić information content (AvgIpc) is 3.01. The Balaban J connectivity index is 2.43. The number of oxazole rings is 1. The van der Waals surface area contributed by atoms with Crippen LogP contribution in [0.2, 0.25) is 0 Å². The lowest BCUT2D eigenvalue weighted by Gasteiger charge is -2.24. The van der Waals surface area contributed by atoms with Gasteiger partial charge in [-0.2, -0.15) is 0 Å². The second-order valence-electron chi connectivity index (χ2n) is 10.2. The normalized spacial score (nSPS) is 13.7. The second-order valence-corrected chi connectivity index (χ2v) is 10.2. The fourth-order valence-electron chi connectivity index (χ4n) is 3.21. The molecule has 2 aromatic rings. The van der Waals surface area contributed by atoms with Gasteiger partial charge in [-0.05, 0) is 5.92 Å². The van der Waals surface area contributed by atoms with E-state index in [9.17, 15) is 0 Å². The van der Waals surface area contributed by atoms with E-state index >= 15 is 0 Å². The molecule has 4 nitrogen and oxygen atoms in total. The number of aromatic nitrogens is 3. The highest BCUT2D eigenvalue weighted by Crippen LogP contribution is 2.37. The van der Waals surface area contributed by atoms with Gasteiger partial charge in [-0.1, -0.05) is 69.2 Å². The first-order valence-electron chi connectivity index (χ1n) is 9.28. The van der Waals surface area contributed by atoms with Gasteiger partial charge in [-0.25, -0.2) is 9.97 Å². The summed E-state index contributed by atoms with van der Waals surface area (Å²) in [5.41, 5.74) is 3.16. The molecule has 1 N–H and O–H groups in total. The summed E-state index contributed by atoms with van der Waals surface area (Å²) in [5.74, 6) is 2.20. The van der Waals surface area contributed by atoms with Gasteiger partial charge in [0.2, 0.25) is 0 Å². The zero-order valence-electron chi connectivity index (χ0n) is 17.7. The van der Waals surface area contributed by atoms with Gasteiger partial charge in [0.05, 0.1) is 17.7 Å². The van der Waals surface area contributed by atoms with Gasteiger partial charge in [0.1, 0.15) is 5.76 Å². The van der Waals surface area contributed by atoms with Gasteiger partial charge in [0, 0.05) is 28.4 Å². The molecular weight excluding hydrogens is 310 g/mol. The first-order valence-corrected chi connectivity index (χ1v) is 9.28. The van der Waals surface area contributed by atoms with Gasteiger partial charge in [-0.15, -0.1) is 0 Å². The molecule has 0 aliphatic heterocycles. The van der Waals surface area contributed by atoms with Crippen LogP contribution in [0.25, 0.3) is 0 Å². The van der Waals surface area contributed by atoms with Crippen LogP contribution in [-0.4, -0.2) is 15.0 Å². The first-order chi connectivity index (χ1) is 11.2. The van der Waals surface area contributed by atoms with Crippen molar-refractivity contribution in [3.8, 4) is 0 Å². The maximum absolute atomic E-state index is 6.29. The molecule has 0 saturated carbocycles. The summed E-state index contributed by atoms with van der Waals surface area (Å²) in [6, 6.07) is 0. The zero-order chi connectivity index (χ0) is 19.2. The quantitative estimate of drug-likeness (QED) is 0.780. The molecule has 0 spiro atoms. The first kappa shape index (κ1) is 19.7. The average molecular weight is 346 g/mol. The summed E-state index contributed by atoms with van der Waals surface area (Å²) in [6.07, 6.45) is 2.54. The summed E-state index contributed by atoms with van der Waals surface area (Å²) in [7, 11) is 0. The number of nitrogens with zero attached hydrogens (tertiary/aromatic N) is 2. The maximum atomic E-state index is 6.29. The van der Waals surface area contributed by atoms with Crippen molar-refractivity contribution in [3.05, 3.63) is 35.1 Å². The van der Waals surface area contributed by atoms with E-state index in [0.29, 0.717) is 5.92 Å². The van der Waals surface area contributed by atoms with Crippen LogP contribution in [-0.2, 0) is 22.7 Å². The largest absolute Gasteiger partial charge is 0.445 e. The summed E-state index contributed by atoms with van der Waals surface area (Å²) in [6.45, 7) is 21.9. The highest BCUT2D eigenvalue weighted by Gasteiger charge is 2.34. The molecule has 2 aromatic heterocycles. The van der Waals surface area contributed by atoms with Gasteiger partial charge in [0.25, 0.3) is 0 Å². The van der Waals surface area contributed by atoms with Crippen LogP contribution in [0.3, 0.4) is 0 Å². The van der Waals surface area contributed by atoms with Crippen LogP contribution in [0.15, 0.2) is 10.7 Å². The van der Waals surface area contributed by atoms with Crippen molar-refractivity contribution in [3.63, 3.8) is 0 Å². The molecule has 0 atom stereocenters. The van der Waals surface area contributed by atoms with Crippen LogP contribution >= 0.6 is 0 Å². The van der Waals surface area contributed by atoms with Crippen LogP contribution in [0.4, 0.5) is 0 Å². The summed E-state index contributed by atoms with van der Waals surface area (Å²) >= 11 is 0. The van der Waals surface area contributed by atoms with Gasteiger partial charge >= 0.3 is 0 Å². The highest BCUT2D eigenvalue weighted by molar-refractivity contribution is 5.28. The van der Waals surface area contributed by atoms with E-state index in [1.807, 2.05) is 0 Å². The molecule has 0 fully saturated rings. The second kappa shape index (κ2) is 6.30. The lowest BCUT2D eigenvalue weighted by Crippen LogP contribution is -2.23. The van der Waals surface area contributed by atoms with Crippen molar-refractivity contribution in [2.24, 2.45) is 0 Å². The van der Waals surface area contributed by atoms with Gasteiger partial charge in [-0.3, -0.25) is 0 Å². The molecule has 0 amide bonds. The van der Waals surface area contributed by atoms with Crippen molar-refractivity contribution in [1.82, 2.24) is 15.0 Å². The van der Waals surface area contributed by atoms with E-state index < -0.39 is 0 Å². The van der Waals surface area contributed by atoms with E-state index in [1.165, 1.54) is 5.69 Å². The van der Waals surface area contributed by atoms with Crippen molar-refractivity contribution in [2.75, 3.05) is 0 Å². The smallest absolute Gasteiger partial charge is 0.195 e. The number of nitrogens with one attached hydrogen (secondary N) is 1. The lowest BCUT2D eigenvalue weighted by atomic mass is 9.82. The van der Waals surface area contributed by atoms with E-state index in [2.05, 4.69) is 79.2 Å². The predicted molar refractivity (Wildman–Crippen MR) is 103 cm³/mol. The molecule has 2 heterocycles. The molecular formula is C21H35N3O. The molecule has 0 aliphatic rings. The van der Waals surface area contributed by atoms with Crippen molar-refractivity contribution in [1.29, 1.82) is 0 Å². The molecule has 0 aromatic carbocycles. The van der Waals surface area contributed by atoms with Crippen LogP contribution < -0.4 is 0 Å². The molecule has 2 rings (SSSR count). The zero-order valence-corrected chi connectivity index (χ0v) is 17.7. The molecule has 140 valence electrons. The highest BCUT2D eigenvalue weighted by atomic mass is 16.4. The molecule has 0 radical (unpaired) electrons. The minimum absolute atomic E-state index is 0.0361. The number of rotatable bonds is 4. The molecule has 0 bridgehead atoms. The Kier molecular flexibility index (Phi) is 4.97. The Hall–Kier alpha value is -1.58. The molecule has 0 aliphatic carbocycles. The minimum Gasteiger partial charge on any atom is -0.445 e. The predicted octanol–water partition coefficient (Wildman–Crippen LogP) is 5.64. The Morgan fingerprint density at radius 1 is 1.00 bits per heavy atom. The molecule has 0 saturated heterocycles. The summed E-state index contributed by atoms with van der Waals surface area (Å²) in [5, 5.41) is 0. The SMILES string of the molecule is CC(C)c1nc[nH]c1C(C)(C)Cc1nc(C(C)(C)C)c(C(C)(C)C)o1. The van der Waals surface area contributed by atoms with Crippen LogP contribution in [0.1, 0.15) is 104 Å². The van der Waals surface area contributed by atoms with E-state index in [0.717, 1.165) is 29.5 Å². The number of imidazole rings is 1. The third-order valence-electron chi connectivity index (χ3n) is 4.55. The van der Waals surface area contributed by atoms with E-state index in [4.69, 9.17) is 9.40 Å². The fraction of sp³-hybridized carbons (Fsp3) is 0.714. The van der Waals surface area contributed by atoms with Gasteiger partial charge < -0.3 is 9.40 Å². The minimum atomic E-state index is -0.120. The Morgan fingerprint density at radius 3 is 2.04 bits per heavy atom. The third kappa shape index (κ3) is 4.16. The van der Waals surface area contributed by atoms with E-state index in [-0.39, 0.29) is 16.2 Å². The number of aromatic amines is 1. The summed E-state index contributed by atoms with van der Waals surface area (Å²) in [4.78, 5) is 12.8. The molecule has 4 heteroatoms. The topological polar surface area (TPSA) is 54.7 Å². The van der Waals surface area contributed by atoms with Gasteiger partial charge in [0.15, 0.2) is 5.89 Å². The molecule has 0 unspecified atom stereocenters. The summed E-state index contributed by atoms with van der Waals surface area (Å²) < 4.78 is 6.29. The standard InChI is InChI=1S/C21H35N3O/c1-13(2)15-16(23-12-22-15)21(9,10)11-14-24-17(19(3,4)5)18(25-14)20(6,7)8/h12-13H,11H2,1-10H3,(H,22,23). The Morgan fingerprint density at radius 2 is 1.60 bits per heavy atom. The van der Waals surface area contributed by atoms with Crippen LogP contribution in [0.5, 0.6) is 0 Å². The van der Waals surface area contributed by atoms with Crippen molar-refractivity contribution in [2.45, 2.75) is 97.8 Å². The van der Waals surface area contributed by atoms with E-state index in [1.54, 1.807) is 6.33 Å². The Bertz CT molecular complexity index is 690. The van der Waals surface area contributed by atoms with Crippen molar-refractivity contribution < 1.29 is 4.42 Å². The lowest BCUT2D eigenvalue weighted by molar-refractivity contribution is 0.349.